The molecule has 0 radical (unpaired) electrons. The minimum atomic E-state index is -4.29. The second-order valence-corrected chi connectivity index (χ2v) is 4.38. The van der Waals surface area contributed by atoms with Crippen LogP contribution in [0, 0.1) is 0 Å². The zero-order valence-corrected chi connectivity index (χ0v) is 9.35. The molecule has 17 heavy (non-hydrogen) atoms. The standard InChI is InChI=1S/C12H15F3N2/c13-12(14,15)10-3-1-2-9(8-10)11(4-6-16)5-7-17-11/h1-3,8,17H,4-7,16H2. The summed E-state index contributed by atoms with van der Waals surface area (Å²) in [7, 11) is 0. The minimum absolute atomic E-state index is 0.351. The number of rotatable bonds is 3. The van der Waals surface area contributed by atoms with E-state index in [1.807, 2.05) is 0 Å². The molecular weight excluding hydrogens is 229 g/mol. The third kappa shape index (κ3) is 2.30. The van der Waals surface area contributed by atoms with Gasteiger partial charge in [0.2, 0.25) is 0 Å². The molecular formula is C12H15F3N2. The number of benzene rings is 1. The average Bonchev–Trinajstić information content (AvgIpc) is 2.22. The van der Waals surface area contributed by atoms with Gasteiger partial charge in [-0.2, -0.15) is 13.2 Å². The van der Waals surface area contributed by atoms with E-state index in [4.69, 9.17) is 5.73 Å². The highest BCUT2D eigenvalue weighted by molar-refractivity contribution is 5.33. The fourth-order valence-electron chi connectivity index (χ4n) is 2.27. The highest BCUT2D eigenvalue weighted by Crippen LogP contribution is 2.37. The van der Waals surface area contributed by atoms with E-state index >= 15 is 0 Å². The first-order valence-electron chi connectivity index (χ1n) is 5.61. The fourth-order valence-corrected chi connectivity index (χ4v) is 2.27. The first kappa shape index (κ1) is 12.4. The van der Waals surface area contributed by atoms with Crippen LogP contribution < -0.4 is 11.1 Å². The zero-order valence-electron chi connectivity index (χ0n) is 9.35. The molecule has 1 saturated heterocycles. The monoisotopic (exact) mass is 244 g/mol. The van der Waals surface area contributed by atoms with Crippen LogP contribution in [0.15, 0.2) is 24.3 Å². The second-order valence-electron chi connectivity index (χ2n) is 4.38. The van der Waals surface area contributed by atoms with Gasteiger partial charge in [-0.25, -0.2) is 0 Å². The lowest BCUT2D eigenvalue weighted by Crippen LogP contribution is -2.55. The van der Waals surface area contributed by atoms with Gasteiger partial charge in [0.1, 0.15) is 0 Å². The summed E-state index contributed by atoms with van der Waals surface area (Å²) in [4.78, 5) is 0. The van der Waals surface area contributed by atoms with E-state index in [1.165, 1.54) is 12.1 Å². The lowest BCUT2D eigenvalue weighted by atomic mass is 9.77. The van der Waals surface area contributed by atoms with Gasteiger partial charge in [-0.15, -0.1) is 0 Å². The molecule has 1 aromatic carbocycles. The zero-order chi connectivity index (χ0) is 12.5. The summed E-state index contributed by atoms with van der Waals surface area (Å²) in [5.74, 6) is 0. The second kappa shape index (κ2) is 4.31. The van der Waals surface area contributed by atoms with Crippen LogP contribution in [0.4, 0.5) is 13.2 Å². The van der Waals surface area contributed by atoms with Crippen molar-refractivity contribution in [3.8, 4) is 0 Å². The van der Waals surface area contributed by atoms with Gasteiger partial charge in [0.15, 0.2) is 0 Å². The Kier molecular flexibility index (Phi) is 3.14. The number of halogens is 3. The van der Waals surface area contributed by atoms with Gasteiger partial charge >= 0.3 is 6.18 Å². The number of hydrogen-bond donors (Lipinski definition) is 2. The third-order valence-electron chi connectivity index (χ3n) is 3.33. The van der Waals surface area contributed by atoms with Crippen LogP contribution in [-0.4, -0.2) is 13.1 Å². The molecule has 2 rings (SSSR count). The molecule has 0 spiro atoms. The van der Waals surface area contributed by atoms with E-state index in [0.29, 0.717) is 18.5 Å². The van der Waals surface area contributed by atoms with Gasteiger partial charge in [-0.05, 0) is 43.6 Å². The molecule has 1 atom stereocenters. The Morgan fingerprint density at radius 2 is 2.06 bits per heavy atom. The Morgan fingerprint density at radius 1 is 1.35 bits per heavy atom. The number of alkyl halides is 3. The summed E-state index contributed by atoms with van der Waals surface area (Å²) >= 11 is 0. The number of nitrogens with two attached hydrogens (primary N) is 1. The molecule has 2 nitrogen and oxygen atoms in total. The molecule has 1 aliphatic rings. The maximum absolute atomic E-state index is 12.6. The average molecular weight is 244 g/mol. The van der Waals surface area contributed by atoms with Gasteiger partial charge in [0.05, 0.1) is 5.56 Å². The normalized spacial score (nSPS) is 24.5. The van der Waals surface area contributed by atoms with Gasteiger partial charge in [0.25, 0.3) is 0 Å². The Hall–Kier alpha value is -1.07. The van der Waals surface area contributed by atoms with Crippen LogP contribution in [0.1, 0.15) is 24.0 Å². The molecule has 0 amide bonds. The summed E-state index contributed by atoms with van der Waals surface area (Å²) in [5.41, 5.74) is 5.26. The molecule has 94 valence electrons. The van der Waals surface area contributed by atoms with Crippen LogP contribution in [-0.2, 0) is 11.7 Å². The smallest absolute Gasteiger partial charge is 0.330 e. The first-order valence-corrected chi connectivity index (χ1v) is 5.61. The molecule has 1 aromatic rings. The Balaban J connectivity index is 2.32. The summed E-state index contributed by atoms with van der Waals surface area (Å²) in [6, 6.07) is 5.51. The van der Waals surface area contributed by atoms with E-state index in [1.54, 1.807) is 6.07 Å². The predicted octanol–water partition coefficient (Wildman–Crippen LogP) is 2.24. The quantitative estimate of drug-likeness (QED) is 0.855. The molecule has 1 heterocycles. The fraction of sp³-hybridized carbons (Fsp3) is 0.500. The molecule has 1 fully saturated rings. The maximum Gasteiger partial charge on any atom is 0.416 e. The summed E-state index contributed by atoms with van der Waals surface area (Å²) in [6.45, 7) is 1.29. The van der Waals surface area contributed by atoms with Crippen molar-refractivity contribution in [3.05, 3.63) is 35.4 Å². The summed E-state index contributed by atoms with van der Waals surface area (Å²) < 4.78 is 37.9. The number of hydrogen-bond acceptors (Lipinski definition) is 2. The van der Waals surface area contributed by atoms with Gasteiger partial charge < -0.3 is 11.1 Å². The van der Waals surface area contributed by atoms with Crippen LogP contribution in [0.5, 0.6) is 0 Å². The largest absolute Gasteiger partial charge is 0.416 e. The molecule has 5 heteroatoms. The molecule has 0 saturated carbocycles. The van der Waals surface area contributed by atoms with Crippen molar-refractivity contribution in [2.45, 2.75) is 24.6 Å². The predicted molar refractivity (Wildman–Crippen MR) is 59.4 cm³/mol. The molecule has 0 aliphatic carbocycles. The summed E-state index contributed by atoms with van der Waals surface area (Å²) in [6.07, 6.45) is -2.79. The van der Waals surface area contributed by atoms with E-state index in [9.17, 15) is 13.2 Å². The van der Waals surface area contributed by atoms with Crippen molar-refractivity contribution < 1.29 is 13.2 Å². The van der Waals surface area contributed by atoms with Gasteiger partial charge in [-0.1, -0.05) is 12.1 Å². The van der Waals surface area contributed by atoms with Gasteiger partial charge in [-0.3, -0.25) is 0 Å². The number of nitrogens with one attached hydrogen (secondary N) is 1. The van der Waals surface area contributed by atoms with Crippen LogP contribution >= 0.6 is 0 Å². The van der Waals surface area contributed by atoms with Crippen LogP contribution in [0.25, 0.3) is 0 Å². The van der Waals surface area contributed by atoms with Crippen molar-refractivity contribution in [3.63, 3.8) is 0 Å². The molecule has 0 aromatic heterocycles. The molecule has 0 bridgehead atoms. The Morgan fingerprint density at radius 3 is 2.53 bits per heavy atom. The van der Waals surface area contributed by atoms with Crippen molar-refractivity contribution in [2.24, 2.45) is 5.73 Å². The van der Waals surface area contributed by atoms with E-state index in [-0.39, 0.29) is 5.54 Å². The molecule has 3 N–H and O–H groups in total. The van der Waals surface area contributed by atoms with Crippen LogP contribution in [0.3, 0.4) is 0 Å². The lowest BCUT2D eigenvalue weighted by molar-refractivity contribution is -0.137. The van der Waals surface area contributed by atoms with Crippen molar-refractivity contribution >= 4 is 0 Å². The SMILES string of the molecule is NCCC1(c2cccc(C(F)(F)F)c2)CCN1. The van der Waals surface area contributed by atoms with Crippen molar-refractivity contribution in [1.29, 1.82) is 0 Å². The summed E-state index contributed by atoms with van der Waals surface area (Å²) in [5, 5.41) is 3.21. The molecule has 1 aliphatic heterocycles. The highest BCUT2D eigenvalue weighted by Gasteiger charge is 2.39. The van der Waals surface area contributed by atoms with Crippen LogP contribution in [0.2, 0.25) is 0 Å². The first-order chi connectivity index (χ1) is 7.98. The minimum Gasteiger partial charge on any atom is -0.330 e. The highest BCUT2D eigenvalue weighted by atomic mass is 19.4. The maximum atomic E-state index is 12.6. The lowest BCUT2D eigenvalue weighted by Gasteiger charge is -2.44. The Labute approximate surface area is 98.0 Å². The van der Waals surface area contributed by atoms with Crippen molar-refractivity contribution in [2.75, 3.05) is 13.1 Å². The third-order valence-corrected chi connectivity index (χ3v) is 3.33. The van der Waals surface area contributed by atoms with E-state index in [2.05, 4.69) is 5.32 Å². The van der Waals surface area contributed by atoms with Crippen molar-refractivity contribution in [1.82, 2.24) is 5.32 Å². The van der Waals surface area contributed by atoms with E-state index < -0.39 is 11.7 Å². The Bertz CT molecular complexity index is 397. The topological polar surface area (TPSA) is 38.0 Å². The molecule has 1 unspecified atom stereocenters. The van der Waals surface area contributed by atoms with E-state index in [0.717, 1.165) is 19.0 Å². The van der Waals surface area contributed by atoms with Gasteiger partial charge in [0, 0.05) is 5.54 Å².